The largest absolute Gasteiger partial charge is 0.295 e. The second kappa shape index (κ2) is 6.66. The summed E-state index contributed by atoms with van der Waals surface area (Å²) >= 11 is 0. The summed E-state index contributed by atoms with van der Waals surface area (Å²) in [5.74, 6) is 0.140. The highest BCUT2D eigenvalue weighted by atomic mass is 28.3. The molecule has 19 heavy (non-hydrogen) atoms. The van der Waals surface area contributed by atoms with Crippen molar-refractivity contribution in [3.05, 3.63) is 30.3 Å². The summed E-state index contributed by atoms with van der Waals surface area (Å²) in [6, 6.07) is 10.1. The molecule has 1 aromatic rings. The third-order valence-corrected chi connectivity index (χ3v) is 4.46. The maximum atomic E-state index is 11.9. The number of para-hydroxylation sites is 1. The van der Waals surface area contributed by atoms with Crippen LogP contribution in [0.3, 0.4) is 0 Å². The Morgan fingerprint density at radius 1 is 1.11 bits per heavy atom. The first-order valence-corrected chi connectivity index (χ1v) is 10.3. The first-order chi connectivity index (χ1) is 8.90. The van der Waals surface area contributed by atoms with Gasteiger partial charge in [-0.3, -0.25) is 9.47 Å². The van der Waals surface area contributed by atoms with Crippen LogP contribution in [0.2, 0.25) is 19.6 Å². The highest BCUT2D eigenvalue weighted by Gasteiger charge is 2.25. The molecular weight excluding hydrogens is 252 g/mol. The quantitative estimate of drug-likeness (QED) is 0.445. The van der Waals surface area contributed by atoms with Gasteiger partial charge in [0.15, 0.2) is 14.0 Å². The number of ketones is 1. The maximum Gasteiger partial charge on any atom is 0.178 e. The third kappa shape index (κ3) is 4.31. The van der Waals surface area contributed by atoms with Crippen LogP contribution in [0.5, 0.6) is 0 Å². The van der Waals surface area contributed by atoms with Crippen molar-refractivity contribution in [2.45, 2.75) is 46.3 Å². The third-order valence-electron chi connectivity index (χ3n) is 2.83. The van der Waals surface area contributed by atoms with E-state index in [1.165, 1.54) is 0 Å². The molecule has 0 fully saturated rings. The van der Waals surface area contributed by atoms with Gasteiger partial charge in [0, 0.05) is 12.1 Å². The highest BCUT2D eigenvalue weighted by molar-refractivity contribution is 6.79. The fraction of sp³-hybridized carbons (Fsp3) is 0.467. The molecule has 4 heteroatoms. The second-order valence-electron chi connectivity index (χ2n) is 5.50. The smallest absolute Gasteiger partial charge is 0.178 e. The summed E-state index contributed by atoms with van der Waals surface area (Å²) < 4.78 is 2.07. The number of carbonyl (C=O) groups is 1. The number of hydrogen-bond donors (Lipinski definition) is 0. The van der Waals surface area contributed by atoms with Crippen LogP contribution >= 0.6 is 0 Å². The first-order valence-electron chi connectivity index (χ1n) is 6.86. The summed E-state index contributed by atoms with van der Waals surface area (Å²) in [7, 11) is -1.67. The fourth-order valence-electron chi connectivity index (χ4n) is 1.81. The molecule has 0 saturated heterocycles. The van der Waals surface area contributed by atoms with Gasteiger partial charge in [-0.2, -0.15) is 5.10 Å². The second-order valence-corrected chi connectivity index (χ2v) is 10.3. The Kier molecular flexibility index (Phi) is 5.48. The zero-order chi connectivity index (χ0) is 14.5. The van der Waals surface area contributed by atoms with Crippen molar-refractivity contribution >= 4 is 25.4 Å². The summed E-state index contributed by atoms with van der Waals surface area (Å²) in [6.45, 7) is 10.6. The molecule has 0 radical (unpaired) electrons. The molecule has 0 N–H and O–H groups in total. The molecule has 0 spiro atoms. The number of anilines is 1. The van der Waals surface area contributed by atoms with E-state index in [4.69, 9.17) is 0 Å². The normalized spacial score (nSPS) is 12.4. The highest BCUT2D eigenvalue weighted by Crippen LogP contribution is 2.22. The van der Waals surface area contributed by atoms with Crippen molar-refractivity contribution < 1.29 is 4.79 Å². The Hall–Kier alpha value is -1.42. The van der Waals surface area contributed by atoms with Crippen LogP contribution < -0.4 is 4.67 Å². The van der Waals surface area contributed by atoms with Gasteiger partial charge in [-0.05, 0) is 38.2 Å². The van der Waals surface area contributed by atoms with Crippen LogP contribution in [0.25, 0.3) is 0 Å². The number of nitrogens with zero attached hydrogens (tertiary/aromatic N) is 2. The SMILES string of the molecule is CCC(=O)C(CC)=NN(c1ccccc1)[Si](C)(C)C. The van der Waals surface area contributed by atoms with Gasteiger partial charge in [-0.25, -0.2) is 0 Å². The van der Waals surface area contributed by atoms with Crippen molar-refractivity contribution in [1.82, 2.24) is 0 Å². The molecule has 0 heterocycles. The van der Waals surface area contributed by atoms with Crippen LogP contribution in [0.4, 0.5) is 5.69 Å². The van der Waals surface area contributed by atoms with E-state index < -0.39 is 8.24 Å². The number of Topliss-reactive ketones (excluding diaryl/α,β-unsaturated/α-hetero) is 1. The van der Waals surface area contributed by atoms with Crippen molar-refractivity contribution in [2.24, 2.45) is 5.10 Å². The van der Waals surface area contributed by atoms with Gasteiger partial charge >= 0.3 is 0 Å². The molecule has 0 bridgehead atoms. The monoisotopic (exact) mass is 276 g/mol. The van der Waals surface area contributed by atoms with Crippen LogP contribution in [-0.4, -0.2) is 19.7 Å². The lowest BCUT2D eigenvalue weighted by Crippen LogP contribution is -2.43. The minimum Gasteiger partial charge on any atom is -0.295 e. The van der Waals surface area contributed by atoms with Crippen LogP contribution in [0.1, 0.15) is 26.7 Å². The van der Waals surface area contributed by atoms with Gasteiger partial charge in [-0.1, -0.05) is 32.0 Å². The number of hydrazone groups is 1. The minimum atomic E-state index is -1.67. The van der Waals surface area contributed by atoms with Gasteiger partial charge in [0.25, 0.3) is 0 Å². The van der Waals surface area contributed by atoms with E-state index >= 15 is 0 Å². The molecule has 0 aliphatic carbocycles. The van der Waals surface area contributed by atoms with Gasteiger partial charge in [0.2, 0.25) is 0 Å². The lowest BCUT2D eigenvalue weighted by Gasteiger charge is -2.32. The molecular formula is C15H24N2OSi. The zero-order valence-corrected chi connectivity index (χ0v) is 13.6. The molecule has 0 aliphatic heterocycles. The van der Waals surface area contributed by atoms with E-state index in [9.17, 15) is 4.79 Å². The van der Waals surface area contributed by atoms with Gasteiger partial charge < -0.3 is 0 Å². The summed E-state index contributed by atoms with van der Waals surface area (Å²) in [5, 5.41) is 4.67. The predicted molar refractivity (Wildman–Crippen MR) is 85.3 cm³/mol. The van der Waals surface area contributed by atoms with Gasteiger partial charge in [-0.15, -0.1) is 0 Å². The molecule has 0 atom stereocenters. The number of rotatable bonds is 6. The topological polar surface area (TPSA) is 32.7 Å². The number of hydrogen-bond acceptors (Lipinski definition) is 3. The Morgan fingerprint density at radius 3 is 2.11 bits per heavy atom. The molecule has 104 valence electrons. The van der Waals surface area contributed by atoms with Gasteiger partial charge in [0.05, 0.1) is 0 Å². The molecule has 1 aromatic carbocycles. The van der Waals surface area contributed by atoms with Gasteiger partial charge in [0.1, 0.15) is 5.71 Å². The standard InChI is InChI=1S/C15H24N2OSi/c1-6-14(15(18)7-2)16-17(19(3,4)5)13-11-9-8-10-12-13/h8-12H,6-7H2,1-5H3. The Labute approximate surface area is 117 Å². The van der Waals surface area contributed by atoms with E-state index in [0.29, 0.717) is 18.6 Å². The Balaban J connectivity index is 3.20. The van der Waals surface area contributed by atoms with E-state index in [1.54, 1.807) is 0 Å². The van der Waals surface area contributed by atoms with Crippen LogP contribution in [0, 0.1) is 0 Å². The fourth-order valence-corrected chi connectivity index (χ4v) is 3.16. The van der Waals surface area contributed by atoms with E-state index in [2.05, 4.69) is 29.4 Å². The Morgan fingerprint density at radius 2 is 1.68 bits per heavy atom. The Bertz CT molecular complexity index is 449. The van der Waals surface area contributed by atoms with E-state index in [-0.39, 0.29) is 5.78 Å². The van der Waals surface area contributed by atoms with Crippen LogP contribution in [-0.2, 0) is 4.79 Å². The molecule has 0 aliphatic rings. The van der Waals surface area contributed by atoms with E-state index in [1.807, 2.05) is 44.2 Å². The molecule has 0 amide bonds. The first kappa shape index (κ1) is 15.6. The maximum absolute atomic E-state index is 11.9. The predicted octanol–water partition coefficient (Wildman–Crippen LogP) is 4.07. The average Bonchev–Trinajstić information content (AvgIpc) is 2.38. The van der Waals surface area contributed by atoms with Crippen molar-refractivity contribution in [3.8, 4) is 0 Å². The van der Waals surface area contributed by atoms with Crippen molar-refractivity contribution in [1.29, 1.82) is 0 Å². The summed E-state index contributed by atoms with van der Waals surface area (Å²) in [6.07, 6.45) is 1.20. The summed E-state index contributed by atoms with van der Waals surface area (Å²) in [5.41, 5.74) is 1.74. The van der Waals surface area contributed by atoms with E-state index in [0.717, 1.165) is 5.69 Å². The number of carbonyl (C=O) groups excluding carboxylic acids is 1. The minimum absolute atomic E-state index is 0.140. The molecule has 0 aromatic heterocycles. The molecule has 0 unspecified atom stereocenters. The lowest BCUT2D eigenvalue weighted by molar-refractivity contribution is -0.112. The molecule has 1 rings (SSSR count). The lowest BCUT2D eigenvalue weighted by atomic mass is 10.1. The van der Waals surface area contributed by atoms with Crippen molar-refractivity contribution in [2.75, 3.05) is 4.67 Å². The molecule has 3 nitrogen and oxygen atoms in total. The summed E-state index contributed by atoms with van der Waals surface area (Å²) in [4.78, 5) is 11.9. The zero-order valence-electron chi connectivity index (χ0n) is 12.6. The number of benzene rings is 1. The van der Waals surface area contributed by atoms with Crippen LogP contribution in [0.15, 0.2) is 35.4 Å². The molecule has 0 saturated carbocycles. The van der Waals surface area contributed by atoms with Crippen molar-refractivity contribution in [3.63, 3.8) is 0 Å². The average molecular weight is 276 g/mol.